The molecule has 78 valence electrons. The van der Waals surface area contributed by atoms with Gasteiger partial charge in [0.1, 0.15) is 0 Å². The smallest absolute Gasteiger partial charge is 0.282 e. The largest absolute Gasteiger partial charge is 0.284 e. The first kappa shape index (κ1) is 12.9. The van der Waals surface area contributed by atoms with Crippen LogP contribution in [0.15, 0.2) is 24.3 Å². The highest BCUT2D eigenvalue weighted by Crippen LogP contribution is 2.60. The Morgan fingerprint density at radius 1 is 0.786 bits per heavy atom. The minimum atomic E-state index is -3.55. The van der Waals surface area contributed by atoms with E-state index in [1.54, 1.807) is 12.1 Å². The summed E-state index contributed by atoms with van der Waals surface area (Å²) in [5.41, 5.74) is 0. The topological polar surface area (TPSA) is 34.1 Å². The quantitative estimate of drug-likeness (QED) is 0.764. The summed E-state index contributed by atoms with van der Waals surface area (Å²) >= 11 is 21.8. The maximum absolute atomic E-state index is 11.4. The summed E-state index contributed by atoms with van der Waals surface area (Å²) < 4.78 is 22.8. The van der Waals surface area contributed by atoms with E-state index in [2.05, 4.69) is 0 Å². The van der Waals surface area contributed by atoms with E-state index in [0.717, 1.165) is 0 Å². The Hall–Kier alpha value is 0.840. The van der Waals surface area contributed by atoms with Gasteiger partial charge in [-0.3, -0.25) is 9.13 Å². The van der Waals surface area contributed by atoms with Gasteiger partial charge in [0, 0.05) is 0 Å². The van der Waals surface area contributed by atoms with E-state index in [4.69, 9.17) is 45.0 Å². The zero-order valence-corrected chi connectivity index (χ0v) is 11.3. The molecule has 2 nitrogen and oxygen atoms in total. The molecule has 1 aromatic rings. The molecule has 1 aromatic carbocycles. The van der Waals surface area contributed by atoms with Crippen molar-refractivity contribution >= 4 is 67.3 Å². The summed E-state index contributed by atoms with van der Waals surface area (Å²) in [6, 6.07) is 5.88. The highest BCUT2D eigenvalue weighted by molar-refractivity contribution is 8.17. The summed E-state index contributed by atoms with van der Waals surface area (Å²) in [4.78, 5) is 0. The summed E-state index contributed by atoms with van der Waals surface area (Å²) in [7, 11) is 0. The van der Waals surface area contributed by atoms with E-state index in [1.165, 1.54) is 12.1 Å². The zero-order chi connectivity index (χ0) is 11.0. The molecule has 0 aliphatic heterocycles. The van der Waals surface area contributed by atoms with Gasteiger partial charge in [0.05, 0.1) is 10.6 Å². The Labute approximate surface area is 100 Å². The van der Waals surface area contributed by atoms with E-state index in [-0.39, 0.29) is 10.6 Å². The number of rotatable bonds is 2. The molecule has 0 fully saturated rings. The molecule has 0 saturated heterocycles. The summed E-state index contributed by atoms with van der Waals surface area (Å²) in [5.74, 6) is -7.10. The van der Waals surface area contributed by atoms with Gasteiger partial charge in [-0.05, 0) is 57.1 Å². The van der Waals surface area contributed by atoms with Gasteiger partial charge in [0.15, 0.2) is 0 Å². The third-order valence-electron chi connectivity index (χ3n) is 1.44. The van der Waals surface area contributed by atoms with Crippen LogP contribution in [0.5, 0.6) is 0 Å². The van der Waals surface area contributed by atoms with Crippen LogP contribution >= 0.6 is 56.7 Å². The lowest BCUT2D eigenvalue weighted by Gasteiger charge is -2.09. The van der Waals surface area contributed by atoms with Crippen molar-refractivity contribution in [2.24, 2.45) is 0 Å². The van der Waals surface area contributed by atoms with Crippen molar-refractivity contribution in [2.45, 2.75) is 0 Å². The lowest BCUT2D eigenvalue weighted by atomic mass is 10.4. The Balaban J connectivity index is 3.47. The number of benzene rings is 1. The van der Waals surface area contributed by atoms with E-state index >= 15 is 0 Å². The average Bonchev–Trinajstić information content (AvgIpc) is 2.01. The second kappa shape index (κ2) is 4.37. The van der Waals surface area contributed by atoms with Crippen LogP contribution in [0.3, 0.4) is 0 Å². The predicted octanol–water partition coefficient (Wildman–Crippen LogP) is 4.28. The molecule has 0 bridgehead atoms. The number of hydrogen-bond donors (Lipinski definition) is 0. The molecule has 0 atom stereocenters. The van der Waals surface area contributed by atoms with Crippen LogP contribution in [0.25, 0.3) is 0 Å². The molecule has 0 heterocycles. The van der Waals surface area contributed by atoms with Gasteiger partial charge in [0.25, 0.3) is 11.7 Å². The lowest BCUT2D eigenvalue weighted by molar-refractivity contribution is 0.595. The molecule has 0 radical (unpaired) electrons. The predicted molar refractivity (Wildman–Crippen MR) is 64.3 cm³/mol. The molecule has 1 rings (SSSR count). The SMILES string of the molecule is O=P(Cl)(Cl)c1ccccc1P(=O)(Cl)Cl. The van der Waals surface area contributed by atoms with Gasteiger partial charge in [-0.25, -0.2) is 0 Å². The molecule has 0 spiro atoms. The van der Waals surface area contributed by atoms with Crippen LogP contribution in [0.1, 0.15) is 0 Å². The van der Waals surface area contributed by atoms with E-state index in [1.807, 2.05) is 0 Å². The van der Waals surface area contributed by atoms with Crippen molar-refractivity contribution in [1.82, 2.24) is 0 Å². The maximum atomic E-state index is 11.4. The van der Waals surface area contributed by atoms with Gasteiger partial charge in [-0.1, -0.05) is 12.1 Å². The first-order valence-electron chi connectivity index (χ1n) is 3.32. The highest BCUT2D eigenvalue weighted by Gasteiger charge is 2.29. The van der Waals surface area contributed by atoms with E-state index in [0.29, 0.717) is 0 Å². The molecule has 0 amide bonds. The molecule has 0 N–H and O–H groups in total. The van der Waals surface area contributed by atoms with Crippen LogP contribution in [0, 0.1) is 0 Å². The second-order valence-electron chi connectivity index (χ2n) is 2.41. The van der Waals surface area contributed by atoms with Crippen LogP contribution in [0.4, 0.5) is 0 Å². The molecular weight excluding hydrogens is 308 g/mol. The average molecular weight is 312 g/mol. The molecule has 8 heteroatoms. The molecule has 0 aliphatic carbocycles. The fourth-order valence-electron chi connectivity index (χ4n) is 0.904. The molecule has 0 aromatic heterocycles. The number of hydrogen-bond acceptors (Lipinski definition) is 2. The fraction of sp³-hybridized carbons (Fsp3) is 0. The summed E-state index contributed by atoms with van der Waals surface area (Å²) in [6.07, 6.45) is 0. The Morgan fingerprint density at radius 2 is 1.07 bits per heavy atom. The standard InChI is InChI=1S/C6H4Cl4O2P2/c7-13(8,11)5-3-1-2-4-6(5)14(9,10)12/h1-4H. The Morgan fingerprint density at radius 3 is 1.29 bits per heavy atom. The summed E-state index contributed by atoms with van der Waals surface area (Å²) in [6.45, 7) is 0. The van der Waals surface area contributed by atoms with Crippen LogP contribution in [-0.2, 0) is 9.13 Å². The van der Waals surface area contributed by atoms with Crippen molar-refractivity contribution in [3.8, 4) is 0 Å². The first-order chi connectivity index (χ1) is 6.23. The van der Waals surface area contributed by atoms with Gasteiger partial charge in [-0.2, -0.15) is 0 Å². The molecule has 0 saturated carbocycles. The molecule has 14 heavy (non-hydrogen) atoms. The number of halogens is 4. The normalized spacial score (nSPS) is 12.9. The molecular formula is C6H4Cl4O2P2. The zero-order valence-electron chi connectivity index (χ0n) is 6.53. The van der Waals surface area contributed by atoms with Gasteiger partial charge < -0.3 is 0 Å². The van der Waals surface area contributed by atoms with Crippen molar-refractivity contribution in [2.75, 3.05) is 0 Å². The van der Waals surface area contributed by atoms with E-state index in [9.17, 15) is 9.13 Å². The van der Waals surface area contributed by atoms with Crippen molar-refractivity contribution < 1.29 is 9.13 Å². The Bertz CT molecular complexity index is 394. The van der Waals surface area contributed by atoms with Crippen molar-refractivity contribution in [3.63, 3.8) is 0 Å². The summed E-state index contributed by atoms with van der Waals surface area (Å²) in [5, 5.41) is 0.0494. The van der Waals surface area contributed by atoms with Gasteiger partial charge in [-0.15, -0.1) is 0 Å². The van der Waals surface area contributed by atoms with Crippen LogP contribution in [0.2, 0.25) is 0 Å². The van der Waals surface area contributed by atoms with Crippen LogP contribution < -0.4 is 10.6 Å². The minimum absolute atomic E-state index is 0.0247. The lowest BCUT2D eigenvalue weighted by Crippen LogP contribution is -2.18. The molecule has 0 unspecified atom stereocenters. The van der Waals surface area contributed by atoms with E-state index < -0.39 is 11.7 Å². The van der Waals surface area contributed by atoms with Crippen molar-refractivity contribution in [1.29, 1.82) is 0 Å². The van der Waals surface area contributed by atoms with Crippen LogP contribution in [-0.4, -0.2) is 0 Å². The van der Waals surface area contributed by atoms with Gasteiger partial charge in [0.2, 0.25) is 0 Å². The van der Waals surface area contributed by atoms with Gasteiger partial charge >= 0.3 is 0 Å². The minimum Gasteiger partial charge on any atom is -0.284 e. The maximum Gasteiger partial charge on any atom is 0.282 e. The Kier molecular flexibility index (Phi) is 4.03. The first-order valence-corrected chi connectivity index (χ1v) is 10.3. The fourth-order valence-corrected chi connectivity index (χ4v) is 5.43. The highest BCUT2D eigenvalue weighted by atomic mass is 35.9. The van der Waals surface area contributed by atoms with Crippen molar-refractivity contribution in [3.05, 3.63) is 24.3 Å². The monoisotopic (exact) mass is 310 g/mol. The second-order valence-corrected chi connectivity index (χ2v) is 12.0. The third kappa shape index (κ3) is 3.17. The molecule has 0 aliphatic rings. The third-order valence-corrected chi connectivity index (χ3v) is 5.71.